The Hall–Kier alpha value is -3.47. The molecule has 126 valence electrons. The number of nitrogens with one attached hydrogen (secondary N) is 1. The highest BCUT2D eigenvalue weighted by Gasteiger charge is 2.13. The van der Waals surface area contributed by atoms with Gasteiger partial charge in [-0.15, -0.1) is 0 Å². The Morgan fingerprint density at radius 3 is 2.77 bits per heavy atom. The zero-order chi connectivity index (χ0) is 17.5. The van der Waals surface area contributed by atoms with E-state index in [1.165, 1.54) is 11.1 Å². The summed E-state index contributed by atoms with van der Waals surface area (Å²) in [5.41, 5.74) is 5.41. The topological polar surface area (TPSA) is 55.1 Å². The number of aromatic nitrogens is 3. The van der Waals surface area contributed by atoms with Gasteiger partial charge in [0.05, 0.1) is 11.9 Å². The first kappa shape index (κ1) is 14.8. The molecular weight excluding hydrogens is 322 g/mol. The fourth-order valence-corrected chi connectivity index (χ4v) is 3.33. The van der Waals surface area contributed by atoms with Crippen LogP contribution in [0.5, 0.6) is 0 Å². The molecule has 0 spiro atoms. The van der Waals surface area contributed by atoms with E-state index in [-0.39, 0.29) is 0 Å². The predicted molar refractivity (Wildman–Crippen MR) is 105 cm³/mol. The van der Waals surface area contributed by atoms with Crippen molar-refractivity contribution in [3.8, 4) is 5.69 Å². The van der Waals surface area contributed by atoms with Crippen LogP contribution in [0.25, 0.3) is 16.7 Å². The second-order valence-corrected chi connectivity index (χ2v) is 6.39. The van der Waals surface area contributed by atoms with Gasteiger partial charge in [-0.3, -0.25) is 4.99 Å². The Balaban J connectivity index is 1.60. The van der Waals surface area contributed by atoms with E-state index in [0.717, 1.165) is 40.6 Å². The molecule has 5 rings (SSSR count). The van der Waals surface area contributed by atoms with Crippen molar-refractivity contribution < 1.29 is 0 Å². The number of fused-ring (bicyclic) bond motifs is 2. The minimum atomic E-state index is 0.735. The summed E-state index contributed by atoms with van der Waals surface area (Å²) in [7, 11) is 0. The van der Waals surface area contributed by atoms with Gasteiger partial charge in [-0.1, -0.05) is 24.3 Å². The normalized spacial score (nSPS) is 12.5. The lowest BCUT2D eigenvalue weighted by molar-refractivity contribution is 1.03. The first-order chi connectivity index (χ1) is 12.8. The lowest BCUT2D eigenvalue weighted by Crippen LogP contribution is -2.01. The number of aliphatic imine (C=N–C) groups is 1. The summed E-state index contributed by atoms with van der Waals surface area (Å²) < 4.78 is 2.09. The largest absolute Gasteiger partial charge is 0.340 e. The molecule has 1 N–H and O–H groups in total. The molecule has 1 aliphatic heterocycles. The van der Waals surface area contributed by atoms with Crippen molar-refractivity contribution in [3.05, 3.63) is 77.7 Å². The molecule has 0 unspecified atom stereocenters. The maximum absolute atomic E-state index is 4.66. The molecule has 0 saturated carbocycles. The van der Waals surface area contributed by atoms with Gasteiger partial charge in [0, 0.05) is 23.8 Å². The van der Waals surface area contributed by atoms with Crippen molar-refractivity contribution in [3.63, 3.8) is 0 Å². The van der Waals surface area contributed by atoms with Crippen LogP contribution in [0.1, 0.15) is 17.0 Å². The highest BCUT2D eigenvalue weighted by atomic mass is 15.1. The van der Waals surface area contributed by atoms with Gasteiger partial charge in [0.25, 0.3) is 0 Å². The van der Waals surface area contributed by atoms with Crippen LogP contribution in [0.15, 0.2) is 65.8 Å². The minimum Gasteiger partial charge on any atom is -0.340 e. The Morgan fingerprint density at radius 1 is 1.00 bits per heavy atom. The smallest absolute Gasteiger partial charge is 0.150 e. The summed E-state index contributed by atoms with van der Waals surface area (Å²) in [4.78, 5) is 13.6. The van der Waals surface area contributed by atoms with Crippen LogP contribution in [0.3, 0.4) is 0 Å². The van der Waals surface area contributed by atoms with Gasteiger partial charge in [0.15, 0.2) is 0 Å². The van der Waals surface area contributed by atoms with Gasteiger partial charge in [-0.2, -0.15) is 0 Å². The SMILES string of the molecule is Cc1nc(Nc2ccc3c(c2)C=NC3)c2ccn(-c3ccccc3)c2n1. The van der Waals surface area contributed by atoms with E-state index in [1.807, 2.05) is 37.5 Å². The molecule has 5 nitrogen and oxygen atoms in total. The van der Waals surface area contributed by atoms with E-state index in [9.17, 15) is 0 Å². The first-order valence-electron chi connectivity index (χ1n) is 8.59. The number of hydrogen-bond acceptors (Lipinski definition) is 4. The van der Waals surface area contributed by atoms with Crippen molar-refractivity contribution in [1.82, 2.24) is 14.5 Å². The molecule has 0 saturated heterocycles. The molecule has 0 fully saturated rings. The van der Waals surface area contributed by atoms with E-state index in [4.69, 9.17) is 0 Å². The van der Waals surface area contributed by atoms with Crippen LogP contribution >= 0.6 is 0 Å². The van der Waals surface area contributed by atoms with E-state index in [1.54, 1.807) is 0 Å². The van der Waals surface area contributed by atoms with Crippen LogP contribution < -0.4 is 5.32 Å². The molecule has 2 aromatic carbocycles. The summed E-state index contributed by atoms with van der Waals surface area (Å²) >= 11 is 0. The van der Waals surface area contributed by atoms with Crippen molar-refractivity contribution >= 4 is 28.8 Å². The third-order valence-electron chi connectivity index (χ3n) is 4.59. The third-order valence-corrected chi connectivity index (χ3v) is 4.59. The third kappa shape index (κ3) is 2.45. The quantitative estimate of drug-likeness (QED) is 0.602. The van der Waals surface area contributed by atoms with Gasteiger partial charge in [0.2, 0.25) is 0 Å². The Bertz CT molecular complexity index is 1140. The molecule has 1 aliphatic rings. The van der Waals surface area contributed by atoms with Crippen LogP contribution in [-0.2, 0) is 6.54 Å². The van der Waals surface area contributed by atoms with E-state index in [2.05, 4.69) is 61.2 Å². The highest BCUT2D eigenvalue weighted by molar-refractivity contribution is 5.92. The van der Waals surface area contributed by atoms with Crippen molar-refractivity contribution in [1.29, 1.82) is 0 Å². The van der Waals surface area contributed by atoms with Gasteiger partial charge in [-0.25, -0.2) is 9.97 Å². The summed E-state index contributed by atoms with van der Waals surface area (Å²) in [5, 5.41) is 4.45. The van der Waals surface area contributed by atoms with Gasteiger partial charge >= 0.3 is 0 Å². The number of hydrogen-bond donors (Lipinski definition) is 1. The number of aryl methyl sites for hydroxylation is 1. The molecule has 0 radical (unpaired) electrons. The number of benzene rings is 2. The highest BCUT2D eigenvalue weighted by Crippen LogP contribution is 2.28. The number of rotatable bonds is 3. The zero-order valence-electron chi connectivity index (χ0n) is 14.3. The van der Waals surface area contributed by atoms with Gasteiger partial charge in [0.1, 0.15) is 17.3 Å². The maximum Gasteiger partial charge on any atom is 0.150 e. The number of anilines is 2. The van der Waals surface area contributed by atoms with E-state index >= 15 is 0 Å². The van der Waals surface area contributed by atoms with Crippen molar-refractivity contribution in [2.45, 2.75) is 13.5 Å². The first-order valence-corrected chi connectivity index (χ1v) is 8.59. The van der Waals surface area contributed by atoms with E-state index in [0.29, 0.717) is 0 Å². The standard InChI is InChI=1S/C21H17N5/c1-14-23-20(25-17-8-7-15-12-22-13-16(15)11-17)19-9-10-26(21(19)24-14)18-5-3-2-4-6-18/h2-11,13H,12H2,1H3,(H,23,24,25). The molecule has 2 aromatic heterocycles. The Labute approximate surface area is 151 Å². The molecule has 0 amide bonds. The average molecular weight is 339 g/mol. The molecule has 0 atom stereocenters. The fraction of sp³-hybridized carbons (Fsp3) is 0.0952. The van der Waals surface area contributed by atoms with Crippen molar-refractivity contribution in [2.24, 2.45) is 4.99 Å². The van der Waals surface area contributed by atoms with Crippen LogP contribution in [-0.4, -0.2) is 20.7 Å². The summed E-state index contributed by atoms with van der Waals surface area (Å²) in [5.74, 6) is 1.55. The van der Waals surface area contributed by atoms with Gasteiger partial charge < -0.3 is 9.88 Å². The number of nitrogens with zero attached hydrogens (tertiary/aromatic N) is 4. The molecule has 3 heterocycles. The summed E-state index contributed by atoms with van der Waals surface area (Å²) in [6.45, 7) is 2.69. The minimum absolute atomic E-state index is 0.735. The van der Waals surface area contributed by atoms with Crippen molar-refractivity contribution in [2.75, 3.05) is 5.32 Å². The van der Waals surface area contributed by atoms with Crippen LogP contribution in [0, 0.1) is 6.92 Å². The monoisotopic (exact) mass is 339 g/mol. The van der Waals surface area contributed by atoms with Crippen LogP contribution in [0.2, 0.25) is 0 Å². The molecule has 26 heavy (non-hydrogen) atoms. The lowest BCUT2D eigenvalue weighted by Gasteiger charge is -2.10. The second-order valence-electron chi connectivity index (χ2n) is 6.39. The maximum atomic E-state index is 4.66. The second kappa shape index (κ2) is 5.81. The van der Waals surface area contributed by atoms with E-state index < -0.39 is 0 Å². The predicted octanol–water partition coefficient (Wildman–Crippen LogP) is 4.41. The summed E-state index contributed by atoms with van der Waals surface area (Å²) in [6.07, 6.45) is 3.96. The fourth-order valence-electron chi connectivity index (χ4n) is 3.33. The zero-order valence-corrected chi connectivity index (χ0v) is 14.3. The molecule has 0 bridgehead atoms. The molecule has 4 aromatic rings. The Morgan fingerprint density at radius 2 is 1.88 bits per heavy atom. The number of para-hydroxylation sites is 1. The lowest BCUT2D eigenvalue weighted by atomic mass is 10.1. The van der Waals surface area contributed by atoms with Crippen LogP contribution in [0.4, 0.5) is 11.5 Å². The Kier molecular flexibility index (Phi) is 3.31. The molecule has 5 heteroatoms. The van der Waals surface area contributed by atoms with Gasteiger partial charge in [-0.05, 0) is 48.4 Å². The molecule has 0 aliphatic carbocycles. The molecular formula is C21H17N5. The summed E-state index contributed by atoms with van der Waals surface area (Å²) in [6, 6.07) is 18.6. The average Bonchev–Trinajstić information content (AvgIpc) is 3.28.